The molecule has 0 aromatic heterocycles. The van der Waals surface area contributed by atoms with E-state index in [-0.39, 0.29) is 0 Å². The van der Waals surface area contributed by atoms with Crippen molar-refractivity contribution in [2.75, 3.05) is 0 Å². The second-order valence-electron chi connectivity index (χ2n) is 1.65. The van der Waals surface area contributed by atoms with Crippen LogP contribution in [0.3, 0.4) is 0 Å². The maximum absolute atomic E-state index is 7.13. The fraction of sp³-hybridized carbons (Fsp3) is 0.667. The normalized spacial score (nSPS) is 25.3. The number of hydrogen-bond donors (Lipinski definition) is 0. The molecule has 0 saturated heterocycles. The van der Waals surface area contributed by atoms with Gasteiger partial charge in [-0.15, -0.1) is 0 Å². The van der Waals surface area contributed by atoms with E-state index in [1.165, 1.54) is 12.8 Å². The van der Waals surface area contributed by atoms with Crippen molar-refractivity contribution in [1.82, 2.24) is 0 Å². The molecule has 0 aromatic carbocycles. The molecular weight excluding hydrogens is 72.1 g/mol. The van der Waals surface area contributed by atoms with Crippen LogP contribution in [0.5, 0.6) is 0 Å². The third-order valence-corrected chi connectivity index (χ3v) is 1.06. The van der Waals surface area contributed by atoms with E-state index in [0.717, 1.165) is 18.9 Å². The minimum absolute atomic E-state index is 0.839. The fourth-order valence-electron chi connectivity index (χ4n) is 0.678. The third-order valence-electron chi connectivity index (χ3n) is 1.06. The van der Waals surface area contributed by atoms with Gasteiger partial charge < -0.3 is 0 Å². The molecule has 0 aliphatic heterocycles. The summed E-state index contributed by atoms with van der Waals surface area (Å²) in [5, 5.41) is 0. The molecule has 0 atom stereocenters. The van der Waals surface area contributed by atoms with Crippen LogP contribution in [0.4, 0.5) is 0 Å². The van der Waals surface area contributed by atoms with Crippen molar-refractivity contribution in [2.45, 2.75) is 25.7 Å². The molecule has 0 saturated carbocycles. The Bertz CT molecular complexity index is 84.2. The predicted octanol–water partition coefficient (Wildman–Crippen LogP) is 2.12. The van der Waals surface area contributed by atoms with Crippen LogP contribution in [0.15, 0.2) is 12.1 Å². The maximum Gasteiger partial charge on any atom is 0.0572 e. The van der Waals surface area contributed by atoms with Crippen LogP contribution in [0.1, 0.15) is 27.1 Å². The minimum Gasteiger partial charge on any atom is -0.0885 e. The van der Waals surface area contributed by atoms with Gasteiger partial charge in [-0.25, -0.2) is 0 Å². The van der Waals surface area contributed by atoms with E-state index in [2.05, 4.69) is 0 Å². The van der Waals surface area contributed by atoms with Crippen molar-refractivity contribution in [2.24, 2.45) is 0 Å². The molecule has 0 spiro atoms. The molecule has 1 rings (SSSR count). The van der Waals surface area contributed by atoms with Gasteiger partial charge in [0.1, 0.15) is 0 Å². The van der Waals surface area contributed by atoms with Crippen molar-refractivity contribution >= 4 is 0 Å². The highest BCUT2D eigenvalue weighted by atomic mass is 13.9. The molecule has 1 aliphatic rings. The average molecular weight is 83.2 g/mol. The van der Waals surface area contributed by atoms with Gasteiger partial charge in [0, 0.05) is 0 Å². The molecule has 0 amide bonds. The van der Waals surface area contributed by atoms with Crippen molar-refractivity contribution < 1.29 is 1.37 Å². The second-order valence-corrected chi connectivity index (χ2v) is 1.65. The lowest BCUT2D eigenvalue weighted by molar-refractivity contribution is 0.730. The van der Waals surface area contributed by atoms with E-state index < -0.39 is 0 Å². The van der Waals surface area contributed by atoms with Gasteiger partial charge in [-0.05, 0) is 25.7 Å². The maximum atomic E-state index is 7.13. The van der Waals surface area contributed by atoms with E-state index in [1.807, 2.05) is 6.08 Å². The first-order chi connectivity index (χ1) is 3.39. The largest absolute Gasteiger partial charge is 0.0885 e. The minimum atomic E-state index is 0.839. The Morgan fingerprint density at radius 3 is 2.50 bits per heavy atom. The fourth-order valence-corrected chi connectivity index (χ4v) is 0.678. The second kappa shape index (κ2) is 2.01. The van der Waals surface area contributed by atoms with Crippen LogP contribution in [0.2, 0.25) is 0 Å². The van der Waals surface area contributed by atoms with Gasteiger partial charge in [-0.2, -0.15) is 0 Å². The Balaban J connectivity index is 2.40. The van der Waals surface area contributed by atoms with Gasteiger partial charge in [0.2, 0.25) is 0 Å². The van der Waals surface area contributed by atoms with Crippen LogP contribution in [0.25, 0.3) is 0 Å². The number of allylic oxidation sites excluding steroid dienone is 2. The van der Waals surface area contributed by atoms with Crippen molar-refractivity contribution in [3.63, 3.8) is 0 Å². The van der Waals surface area contributed by atoms with Crippen molar-refractivity contribution in [1.29, 1.82) is 0 Å². The third kappa shape index (κ3) is 0.852. The summed E-state index contributed by atoms with van der Waals surface area (Å²) in [6, 6.07) is 0.839. The van der Waals surface area contributed by atoms with Crippen molar-refractivity contribution in [3.8, 4) is 0 Å². The molecule has 0 unspecified atom stereocenters. The highest BCUT2D eigenvalue weighted by Gasteiger charge is 1.87. The van der Waals surface area contributed by atoms with Gasteiger partial charge in [0.15, 0.2) is 0 Å². The summed E-state index contributed by atoms with van der Waals surface area (Å²) in [6.07, 6.45) is 6.69. The summed E-state index contributed by atoms with van der Waals surface area (Å²) >= 11 is 0. The number of hydrogen-bond acceptors (Lipinski definition) is 0. The molecule has 6 heavy (non-hydrogen) atoms. The lowest BCUT2D eigenvalue weighted by Gasteiger charge is -1.97. The number of rotatable bonds is 0. The molecule has 0 nitrogen and oxygen atoms in total. The predicted molar refractivity (Wildman–Crippen MR) is 27.6 cm³/mol. The Kier molecular flexibility index (Phi) is 0.952. The van der Waals surface area contributed by atoms with Crippen LogP contribution in [-0.2, 0) is 0 Å². The lowest BCUT2D eigenvalue weighted by atomic mass is 10.1. The highest BCUT2D eigenvalue weighted by Crippen LogP contribution is 2.07. The first-order valence-corrected chi connectivity index (χ1v) is 2.55. The Morgan fingerprint density at radius 2 is 2.17 bits per heavy atom. The summed E-state index contributed by atoms with van der Waals surface area (Å²) in [6.45, 7) is 0. The topological polar surface area (TPSA) is 0 Å². The van der Waals surface area contributed by atoms with Gasteiger partial charge in [-0.1, -0.05) is 12.1 Å². The van der Waals surface area contributed by atoms with Crippen LogP contribution >= 0.6 is 0 Å². The van der Waals surface area contributed by atoms with Crippen LogP contribution < -0.4 is 0 Å². The molecule has 34 valence electrons. The molecule has 0 N–H and O–H groups in total. The standard InChI is InChI=1S/C6H10/c1-2-4-6-5-3-1/h1-2H,3-6H2/i1D. The van der Waals surface area contributed by atoms with E-state index in [0.29, 0.717) is 0 Å². The Labute approximate surface area is 40.3 Å². The molecular formula is C6H10. The molecule has 0 fully saturated rings. The van der Waals surface area contributed by atoms with Crippen LogP contribution in [-0.4, -0.2) is 0 Å². The Morgan fingerprint density at radius 1 is 1.33 bits per heavy atom. The van der Waals surface area contributed by atoms with Crippen LogP contribution in [0, 0.1) is 0 Å². The summed E-state index contributed by atoms with van der Waals surface area (Å²) < 4.78 is 7.13. The summed E-state index contributed by atoms with van der Waals surface area (Å²) in [5.41, 5.74) is 0. The SMILES string of the molecule is [2H]C1=CCCCC1. The van der Waals surface area contributed by atoms with Gasteiger partial charge in [-0.3, -0.25) is 0 Å². The molecule has 0 heteroatoms. The summed E-state index contributed by atoms with van der Waals surface area (Å²) in [4.78, 5) is 0. The first-order valence-electron chi connectivity index (χ1n) is 3.05. The molecule has 1 aliphatic carbocycles. The zero-order chi connectivity index (χ0) is 5.11. The van der Waals surface area contributed by atoms with Gasteiger partial charge in [0.05, 0.1) is 1.37 Å². The molecule has 0 heterocycles. The smallest absolute Gasteiger partial charge is 0.0572 e. The van der Waals surface area contributed by atoms with E-state index in [9.17, 15) is 0 Å². The average Bonchev–Trinajstić information content (AvgIpc) is 1.69. The van der Waals surface area contributed by atoms with E-state index in [4.69, 9.17) is 1.37 Å². The summed E-state index contributed by atoms with van der Waals surface area (Å²) in [7, 11) is 0. The van der Waals surface area contributed by atoms with E-state index >= 15 is 0 Å². The molecule has 0 aromatic rings. The lowest BCUT2D eigenvalue weighted by Crippen LogP contribution is -1.77. The molecule has 0 radical (unpaired) electrons. The first kappa shape index (κ1) is 2.84. The van der Waals surface area contributed by atoms with Crippen molar-refractivity contribution in [3.05, 3.63) is 12.1 Å². The zero-order valence-corrected chi connectivity index (χ0v) is 3.91. The van der Waals surface area contributed by atoms with Gasteiger partial charge in [0.25, 0.3) is 0 Å². The zero-order valence-electron chi connectivity index (χ0n) is 4.91. The van der Waals surface area contributed by atoms with Gasteiger partial charge >= 0.3 is 0 Å². The molecule has 0 bridgehead atoms. The monoisotopic (exact) mass is 83.1 g/mol. The quantitative estimate of drug-likeness (QED) is 0.393. The summed E-state index contributed by atoms with van der Waals surface area (Å²) in [5.74, 6) is 0. The Hall–Kier alpha value is -0.260. The highest BCUT2D eigenvalue weighted by molar-refractivity contribution is 4.85. The van der Waals surface area contributed by atoms with E-state index in [1.54, 1.807) is 0 Å².